The summed E-state index contributed by atoms with van der Waals surface area (Å²) in [4.78, 5) is 10.3. The third kappa shape index (κ3) is 0.874. The SMILES string of the molecule is CCC1(N)CCC1C=O. The van der Waals surface area contributed by atoms with Crippen molar-refractivity contribution in [2.45, 2.75) is 31.7 Å². The van der Waals surface area contributed by atoms with Crippen LogP contribution >= 0.6 is 0 Å². The molecule has 1 rings (SSSR count). The summed E-state index contributed by atoms with van der Waals surface area (Å²) in [6.45, 7) is 2.04. The number of hydrogen-bond acceptors (Lipinski definition) is 2. The predicted molar refractivity (Wildman–Crippen MR) is 36.0 cm³/mol. The number of carbonyl (C=O) groups excluding carboxylic acids is 1. The van der Waals surface area contributed by atoms with E-state index in [4.69, 9.17) is 5.73 Å². The molecule has 9 heavy (non-hydrogen) atoms. The van der Waals surface area contributed by atoms with Crippen molar-refractivity contribution in [1.29, 1.82) is 0 Å². The van der Waals surface area contributed by atoms with Crippen LogP contribution < -0.4 is 5.73 Å². The Morgan fingerprint density at radius 1 is 1.89 bits per heavy atom. The van der Waals surface area contributed by atoms with Gasteiger partial charge >= 0.3 is 0 Å². The van der Waals surface area contributed by atoms with Gasteiger partial charge in [-0.1, -0.05) is 6.92 Å². The lowest BCUT2D eigenvalue weighted by atomic mass is 9.66. The van der Waals surface area contributed by atoms with E-state index in [1.54, 1.807) is 0 Å². The van der Waals surface area contributed by atoms with Crippen LogP contribution in [-0.2, 0) is 4.79 Å². The van der Waals surface area contributed by atoms with E-state index in [9.17, 15) is 4.79 Å². The van der Waals surface area contributed by atoms with Gasteiger partial charge in [0.15, 0.2) is 0 Å². The molecule has 0 saturated heterocycles. The van der Waals surface area contributed by atoms with E-state index >= 15 is 0 Å². The highest BCUT2D eigenvalue weighted by Crippen LogP contribution is 2.36. The summed E-state index contributed by atoms with van der Waals surface area (Å²) in [5, 5.41) is 0. The van der Waals surface area contributed by atoms with Gasteiger partial charge in [0.2, 0.25) is 0 Å². The lowest BCUT2D eigenvalue weighted by Gasteiger charge is -2.43. The Hall–Kier alpha value is -0.370. The molecule has 0 aliphatic heterocycles. The largest absolute Gasteiger partial charge is 0.324 e. The molecule has 2 N–H and O–H groups in total. The summed E-state index contributed by atoms with van der Waals surface area (Å²) < 4.78 is 0. The van der Waals surface area contributed by atoms with Crippen molar-refractivity contribution >= 4 is 6.29 Å². The van der Waals surface area contributed by atoms with Crippen LogP contribution in [0.2, 0.25) is 0 Å². The second-order valence-corrected chi connectivity index (χ2v) is 2.87. The molecule has 1 fully saturated rings. The molecule has 0 aromatic heterocycles. The van der Waals surface area contributed by atoms with Crippen molar-refractivity contribution in [2.24, 2.45) is 11.7 Å². The van der Waals surface area contributed by atoms with Gasteiger partial charge in [0.25, 0.3) is 0 Å². The van der Waals surface area contributed by atoms with Crippen LogP contribution in [0.15, 0.2) is 0 Å². The van der Waals surface area contributed by atoms with Crippen LogP contribution in [0.5, 0.6) is 0 Å². The second-order valence-electron chi connectivity index (χ2n) is 2.87. The molecule has 52 valence electrons. The van der Waals surface area contributed by atoms with Crippen LogP contribution in [0.25, 0.3) is 0 Å². The maximum atomic E-state index is 10.3. The Labute approximate surface area is 55.4 Å². The fourth-order valence-corrected chi connectivity index (χ4v) is 1.32. The van der Waals surface area contributed by atoms with Gasteiger partial charge in [-0.05, 0) is 19.3 Å². The molecule has 2 nitrogen and oxygen atoms in total. The molecule has 0 heterocycles. The zero-order chi connectivity index (χ0) is 6.91. The van der Waals surface area contributed by atoms with Crippen molar-refractivity contribution in [3.8, 4) is 0 Å². The number of hydrogen-bond donors (Lipinski definition) is 1. The monoisotopic (exact) mass is 127 g/mol. The summed E-state index contributed by atoms with van der Waals surface area (Å²) in [5.74, 6) is 0.141. The van der Waals surface area contributed by atoms with E-state index in [2.05, 4.69) is 0 Å². The first kappa shape index (κ1) is 6.75. The highest BCUT2D eigenvalue weighted by molar-refractivity contribution is 5.58. The van der Waals surface area contributed by atoms with Crippen LogP contribution in [0.4, 0.5) is 0 Å². The zero-order valence-corrected chi connectivity index (χ0v) is 5.76. The molecule has 0 aromatic rings. The molecular formula is C7H13NO. The van der Waals surface area contributed by atoms with Gasteiger partial charge in [0.05, 0.1) is 0 Å². The molecule has 2 atom stereocenters. The van der Waals surface area contributed by atoms with E-state index in [1.165, 1.54) is 0 Å². The molecule has 1 saturated carbocycles. The van der Waals surface area contributed by atoms with Gasteiger partial charge in [-0.25, -0.2) is 0 Å². The molecule has 2 unspecified atom stereocenters. The first-order chi connectivity index (χ1) is 4.23. The lowest BCUT2D eigenvalue weighted by molar-refractivity contribution is -0.116. The van der Waals surface area contributed by atoms with Crippen LogP contribution in [0, 0.1) is 5.92 Å². The maximum absolute atomic E-state index is 10.3. The van der Waals surface area contributed by atoms with E-state index in [-0.39, 0.29) is 11.5 Å². The Morgan fingerprint density at radius 3 is 2.67 bits per heavy atom. The minimum atomic E-state index is -0.137. The number of aldehydes is 1. The van der Waals surface area contributed by atoms with Crippen molar-refractivity contribution < 1.29 is 4.79 Å². The van der Waals surface area contributed by atoms with Gasteiger partial charge in [0.1, 0.15) is 6.29 Å². The summed E-state index contributed by atoms with van der Waals surface area (Å²) in [6.07, 6.45) is 3.93. The summed E-state index contributed by atoms with van der Waals surface area (Å²) in [5.41, 5.74) is 5.69. The van der Waals surface area contributed by atoms with E-state index in [1.807, 2.05) is 6.92 Å². The van der Waals surface area contributed by atoms with Gasteiger partial charge in [-0.2, -0.15) is 0 Å². The fraction of sp³-hybridized carbons (Fsp3) is 0.857. The van der Waals surface area contributed by atoms with Crippen molar-refractivity contribution in [3.63, 3.8) is 0 Å². The number of rotatable bonds is 2. The van der Waals surface area contributed by atoms with Crippen molar-refractivity contribution in [3.05, 3.63) is 0 Å². The average molecular weight is 127 g/mol. The molecule has 0 radical (unpaired) electrons. The normalized spacial score (nSPS) is 41.8. The first-order valence-electron chi connectivity index (χ1n) is 3.47. The highest BCUT2D eigenvalue weighted by Gasteiger charge is 2.41. The summed E-state index contributed by atoms with van der Waals surface area (Å²) in [6, 6.07) is 0. The van der Waals surface area contributed by atoms with E-state index < -0.39 is 0 Å². The maximum Gasteiger partial charge on any atom is 0.124 e. The lowest BCUT2D eigenvalue weighted by Crippen LogP contribution is -2.55. The van der Waals surface area contributed by atoms with Crippen LogP contribution in [-0.4, -0.2) is 11.8 Å². The molecule has 0 spiro atoms. The van der Waals surface area contributed by atoms with E-state index in [0.29, 0.717) is 0 Å². The van der Waals surface area contributed by atoms with Gasteiger partial charge < -0.3 is 10.5 Å². The molecule has 1 aliphatic rings. The third-order valence-electron chi connectivity index (χ3n) is 2.48. The second kappa shape index (κ2) is 2.10. The molecule has 0 aromatic carbocycles. The molecular weight excluding hydrogens is 114 g/mol. The fourth-order valence-electron chi connectivity index (χ4n) is 1.32. The quantitative estimate of drug-likeness (QED) is 0.555. The minimum absolute atomic E-state index is 0.137. The Kier molecular flexibility index (Phi) is 1.58. The van der Waals surface area contributed by atoms with E-state index in [0.717, 1.165) is 25.5 Å². The van der Waals surface area contributed by atoms with Gasteiger partial charge in [-0.3, -0.25) is 0 Å². The van der Waals surface area contributed by atoms with Gasteiger partial charge in [0, 0.05) is 11.5 Å². The van der Waals surface area contributed by atoms with Gasteiger partial charge in [-0.15, -0.1) is 0 Å². The molecule has 2 heteroatoms. The summed E-state index contributed by atoms with van der Waals surface area (Å²) >= 11 is 0. The third-order valence-corrected chi connectivity index (χ3v) is 2.48. The Bertz CT molecular complexity index is 120. The highest BCUT2D eigenvalue weighted by atomic mass is 16.1. The predicted octanol–water partition coefficient (Wildman–Crippen LogP) is 0.703. The number of carbonyl (C=O) groups is 1. The molecule has 1 aliphatic carbocycles. The van der Waals surface area contributed by atoms with Crippen LogP contribution in [0.3, 0.4) is 0 Å². The van der Waals surface area contributed by atoms with Crippen LogP contribution in [0.1, 0.15) is 26.2 Å². The first-order valence-corrected chi connectivity index (χ1v) is 3.47. The minimum Gasteiger partial charge on any atom is -0.324 e. The topological polar surface area (TPSA) is 43.1 Å². The molecule has 0 bridgehead atoms. The summed E-state index contributed by atoms with van der Waals surface area (Å²) in [7, 11) is 0. The van der Waals surface area contributed by atoms with Crippen molar-refractivity contribution in [2.75, 3.05) is 0 Å². The number of nitrogens with two attached hydrogens (primary N) is 1. The Morgan fingerprint density at radius 2 is 2.56 bits per heavy atom. The average Bonchev–Trinajstić information content (AvgIpc) is 1.85. The zero-order valence-electron chi connectivity index (χ0n) is 5.76. The smallest absolute Gasteiger partial charge is 0.124 e. The molecule has 0 amide bonds. The Balaban J connectivity index is 2.50. The van der Waals surface area contributed by atoms with Crippen molar-refractivity contribution in [1.82, 2.24) is 0 Å². The standard InChI is InChI=1S/C7H13NO/c1-2-7(8)4-3-6(7)5-9/h5-6H,2-4,8H2,1H3.